The first-order chi connectivity index (χ1) is 5.79. The maximum absolute atomic E-state index is 10.6. The van der Waals surface area contributed by atoms with Crippen LogP contribution in [0.4, 0.5) is 0 Å². The first-order valence-corrected chi connectivity index (χ1v) is 6.07. The van der Waals surface area contributed by atoms with Gasteiger partial charge in [-0.1, -0.05) is 0 Å². The summed E-state index contributed by atoms with van der Waals surface area (Å²) in [5.41, 5.74) is -0.643. The lowest BCUT2D eigenvalue weighted by Crippen LogP contribution is -2.32. The largest absolute Gasteiger partial charge is 0.390 e. The predicted octanol–water partition coefficient (Wildman–Crippen LogP) is 0.815. The molecule has 0 saturated heterocycles. The van der Waals surface area contributed by atoms with Gasteiger partial charge in [-0.25, -0.2) is 0 Å². The van der Waals surface area contributed by atoms with Crippen molar-refractivity contribution in [2.24, 2.45) is 5.92 Å². The van der Waals surface area contributed by atoms with Gasteiger partial charge in [0.2, 0.25) is 0 Å². The molecule has 78 valence electrons. The Labute approximate surface area is 78.7 Å². The summed E-state index contributed by atoms with van der Waals surface area (Å²) in [6, 6.07) is 0. The van der Waals surface area contributed by atoms with Crippen molar-refractivity contribution in [2.45, 2.75) is 38.2 Å². The molecule has 0 aromatic carbocycles. The van der Waals surface area contributed by atoms with E-state index in [9.17, 15) is 13.5 Å². The Morgan fingerprint density at radius 1 is 1.38 bits per heavy atom. The van der Waals surface area contributed by atoms with E-state index in [1.807, 2.05) is 0 Å². The van der Waals surface area contributed by atoms with Crippen molar-refractivity contribution < 1.29 is 18.1 Å². The third-order valence-electron chi connectivity index (χ3n) is 2.63. The van der Waals surface area contributed by atoms with Gasteiger partial charge in [0.1, 0.15) is 0 Å². The molecule has 2 N–H and O–H groups in total. The van der Waals surface area contributed by atoms with Gasteiger partial charge in [-0.15, -0.1) is 0 Å². The fourth-order valence-electron chi connectivity index (χ4n) is 1.76. The van der Waals surface area contributed by atoms with Crippen LogP contribution in [0.1, 0.15) is 32.6 Å². The SMILES string of the molecule is CC1(O)CCC(CS(=O)(=O)O)CC1. The Morgan fingerprint density at radius 2 is 1.85 bits per heavy atom. The molecule has 1 saturated carbocycles. The van der Waals surface area contributed by atoms with E-state index >= 15 is 0 Å². The van der Waals surface area contributed by atoms with Gasteiger partial charge < -0.3 is 5.11 Å². The second kappa shape index (κ2) is 3.55. The van der Waals surface area contributed by atoms with E-state index in [2.05, 4.69) is 0 Å². The zero-order valence-corrected chi connectivity index (χ0v) is 8.55. The van der Waals surface area contributed by atoms with Gasteiger partial charge in [-0.3, -0.25) is 4.55 Å². The van der Waals surface area contributed by atoms with Crippen LogP contribution in [-0.2, 0) is 10.1 Å². The lowest BCUT2D eigenvalue weighted by atomic mass is 9.81. The minimum Gasteiger partial charge on any atom is -0.390 e. The Morgan fingerprint density at radius 3 is 2.23 bits per heavy atom. The van der Waals surface area contributed by atoms with Crippen LogP contribution in [0.15, 0.2) is 0 Å². The van der Waals surface area contributed by atoms with Crippen molar-refractivity contribution in [1.29, 1.82) is 0 Å². The average Bonchev–Trinajstić information content (AvgIpc) is 1.91. The normalized spacial score (nSPS) is 36.1. The lowest BCUT2D eigenvalue weighted by Gasteiger charge is -2.32. The van der Waals surface area contributed by atoms with Gasteiger partial charge in [-0.2, -0.15) is 8.42 Å². The summed E-state index contributed by atoms with van der Waals surface area (Å²) < 4.78 is 29.7. The molecule has 0 radical (unpaired) electrons. The Hall–Kier alpha value is -0.130. The van der Waals surface area contributed by atoms with Gasteiger partial charge >= 0.3 is 0 Å². The highest BCUT2D eigenvalue weighted by molar-refractivity contribution is 7.85. The van der Waals surface area contributed by atoms with Gasteiger partial charge in [0.05, 0.1) is 11.4 Å². The van der Waals surface area contributed by atoms with Gasteiger partial charge in [0.15, 0.2) is 0 Å². The van der Waals surface area contributed by atoms with Crippen LogP contribution in [0.3, 0.4) is 0 Å². The molecule has 0 unspecified atom stereocenters. The van der Waals surface area contributed by atoms with Crippen molar-refractivity contribution in [3.05, 3.63) is 0 Å². The lowest BCUT2D eigenvalue weighted by molar-refractivity contribution is 0.0106. The second-order valence-electron chi connectivity index (χ2n) is 4.19. The highest BCUT2D eigenvalue weighted by atomic mass is 32.2. The fourth-order valence-corrected chi connectivity index (χ4v) is 2.69. The first-order valence-electron chi connectivity index (χ1n) is 4.46. The van der Waals surface area contributed by atoms with Crippen LogP contribution in [0, 0.1) is 5.92 Å². The van der Waals surface area contributed by atoms with E-state index in [4.69, 9.17) is 4.55 Å². The molecule has 0 spiro atoms. The van der Waals surface area contributed by atoms with Gasteiger partial charge in [0, 0.05) is 0 Å². The smallest absolute Gasteiger partial charge is 0.265 e. The summed E-state index contributed by atoms with van der Waals surface area (Å²) in [5, 5.41) is 9.58. The van der Waals surface area contributed by atoms with Crippen molar-refractivity contribution >= 4 is 10.1 Å². The molecule has 0 amide bonds. The molecular weight excluding hydrogens is 192 g/mol. The number of rotatable bonds is 2. The van der Waals surface area contributed by atoms with E-state index in [1.165, 1.54) is 0 Å². The maximum atomic E-state index is 10.6. The quantitative estimate of drug-likeness (QED) is 0.659. The number of aliphatic hydroxyl groups is 1. The van der Waals surface area contributed by atoms with Crippen LogP contribution in [0.5, 0.6) is 0 Å². The van der Waals surface area contributed by atoms with Crippen molar-refractivity contribution in [3.63, 3.8) is 0 Å². The fraction of sp³-hybridized carbons (Fsp3) is 1.00. The Balaban J connectivity index is 2.43. The van der Waals surface area contributed by atoms with Crippen LogP contribution < -0.4 is 0 Å². The number of hydrogen-bond acceptors (Lipinski definition) is 3. The molecule has 5 heteroatoms. The summed E-state index contributed by atoms with van der Waals surface area (Å²) >= 11 is 0. The van der Waals surface area contributed by atoms with Crippen LogP contribution in [-0.4, -0.2) is 29.4 Å². The molecule has 1 aliphatic rings. The number of hydrogen-bond donors (Lipinski definition) is 2. The standard InChI is InChI=1S/C8H16O4S/c1-8(9)4-2-7(3-5-8)6-13(10,11)12/h7,9H,2-6H2,1H3,(H,10,11,12). The van der Waals surface area contributed by atoms with Gasteiger partial charge in [0.25, 0.3) is 10.1 Å². The Kier molecular flexibility index (Phi) is 2.99. The third-order valence-corrected chi connectivity index (χ3v) is 3.52. The molecule has 0 aromatic rings. The summed E-state index contributed by atoms with van der Waals surface area (Å²) in [5.74, 6) is -0.154. The minimum atomic E-state index is -3.84. The zero-order chi connectivity index (χ0) is 10.1. The summed E-state index contributed by atoms with van der Waals surface area (Å²) in [6.07, 6.45) is 2.58. The molecule has 0 atom stereocenters. The van der Waals surface area contributed by atoms with E-state index < -0.39 is 15.7 Å². The average molecular weight is 208 g/mol. The zero-order valence-electron chi connectivity index (χ0n) is 7.73. The van der Waals surface area contributed by atoms with E-state index in [-0.39, 0.29) is 11.7 Å². The van der Waals surface area contributed by atoms with E-state index in [1.54, 1.807) is 6.92 Å². The third kappa shape index (κ3) is 4.06. The molecule has 0 bridgehead atoms. The molecule has 13 heavy (non-hydrogen) atoms. The highest BCUT2D eigenvalue weighted by Crippen LogP contribution is 2.32. The highest BCUT2D eigenvalue weighted by Gasteiger charge is 2.30. The summed E-state index contributed by atoms with van der Waals surface area (Å²) in [6.45, 7) is 1.76. The van der Waals surface area contributed by atoms with Crippen molar-refractivity contribution in [1.82, 2.24) is 0 Å². The monoisotopic (exact) mass is 208 g/mol. The van der Waals surface area contributed by atoms with Crippen LogP contribution >= 0.6 is 0 Å². The summed E-state index contributed by atoms with van der Waals surface area (Å²) in [7, 11) is -3.84. The maximum Gasteiger partial charge on any atom is 0.265 e. The molecule has 1 rings (SSSR count). The predicted molar refractivity (Wildman–Crippen MR) is 49.0 cm³/mol. The van der Waals surface area contributed by atoms with Crippen LogP contribution in [0.2, 0.25) is 0 Å². The molecule has 4 nitrogen and oxygen atoms in total. The molecule has 0 heterocycles. The van der Waals surface area contributed by atoms with E-state index in [0.29, 0.717) is 25.7 Å². The molecule has 0 aromatic heterocycles. The minimum absolute atomic E-state index is 0.00947. The van der Waals surface area contributed by atoms with E-state index in [0.717, 1.165) is 0 Å². The Bertz CT molecular complexity index is 258. The topological polar surface area (TPSA) is 74.6 Å². The first kappa shape index (κ1) is 10.9. The molecule has 1 fully saturated rings. The molecule has 1 aliphatic carbocycles. The van der Waals surface area contributed by atoms with Gasteiger partial charge in [-0.05, 0) is 38.5 Å². The molecular formula is C8H16O4S. The van der Waals surface area contributed by atoms with Crippen LogP contribution in [0.25, 0.3) is 0 Å². The summed E-state index contributed by atoms with van der Waals surface area (Å²) in [4.78, 5) is 0. The van der Waals surface area contributed by atoms with Crippen molar-refractivity contribution in [2.75, 3.05) is 5.75 Å². The van der Waals surface area contributed by atoms with Crippen molar-refractivity contribution in [3.8, 4) is 0 Å². The molecule has 0 aliphatic heterocycles. The second-order valence-corrected chi connectivity index (χ2v) is 5.69.